The molecular formula is C32H20S3. The molecule has 0 amide bonds. The van der Waals surface area contributed by atoms with Crippen LogP contribution in [0.2, 0.25) is 0 Å². The molecule has 0 aliphatic heterocycles. The van der Waals surface area contributed by atoms with E-state index in [2.05, 4.69) is 121 Å². The highest BCUT2D eigenvalue weighted by Gasteiger charge is 2.15. The number of benzene rings is 4. The van der Waals surface area contributed by atoms with Gasteiger partial charge >= 0.3 is 0 Å². The van der Waals surface area contributed by atoms with Crippen molar-refractivity contribution >= 4 is 52.8 Å². The van der Waals surface area contributed by atoms with Crippen molar-refractivity contribution in [3.63, 3.8) is 0 Å². The zero-order valence-corrected chi connectivity index (χ0v) is 21.2. The number of thiophene rings is 3. The highest BCUT2D eigenvalue weighted by molar-refractivity contribution is 7.40. The monoisotopic (exact) mass is 500 g/mol. The fraction of sp³-hybridized carbons (Fsp3) is 0. The third-order valence-electron chi connectivity index (χ3n) is 6.33. The summed E-state index contributed by atoms with van der Waals surface area (Å²) in [5.41, 5.74) is 7.63. The Labute approximate surface area is 216 Å². The van der Waals surface area contributed by atoms with Crippen molar-refractivity contribution in [1.82, 2.24) is 0 Å². The Morgan fingerprint density at radius 3 is 1.17 bits per heavy atom. The molecule has 0 radical (unpaired) electrons. The van der Waals surface area contributed by atoms with Crippen molar-refractivity contribution in [2.45, 2.75) is 0 Å². The van der Waals surface area contributed by atoms with Crippen LogP contribution >= 0.6 is 34.0 Å². The third kappa shape index (κ3) is 3.82. The fourth-order valence-corrected chi connectivity index (χ4v) is 8.60. The predicted octanol–water partition coefficient (Wildman–Crippen LogP) is 10.8. The first-order valence-electron chi connectivity index (χ1n) is 11.6. The van der Waals surface area contributed by atoms with Crippen LogP contribution in [-0.2, 0) is 0 Å². The number of rotatable bonds is 4. The standard InChI is InChI=1S/C32H20S3/c1-3-9-21(10-4-1)23-13-7-15-25(17-23)27-19-29-31(34-27)32-30(33-29)20-28(35-32)26-16-8-14-24(18-26)22-11-5-2-6-12-22/h1-20H. The minimum atomic E-state index is 1.26. The van der Waals surface area contributed by atoms with Gasteiger partial charge in [0.25, 0.3) is 0 Å². The molecule has 0 aliphatic carbocycles. The topological polar surface area (TPSA) is 0 Å². The molecule has 0 saturated heterocycles. The molecule has 3 heterocycles. The summed E-state index contributed by atoms with van der Waals surface area (Å²) in [7, 11) is 0. The van der Waals surface area contributed by atoms with E-state index in [4.69, 9.17) is 0 Å². The van der Waals surface area contributed by atoms with Gasteiger partial charge in [0.2, 0.25) is 0 Å². The Kier molecular flexibility index (Phi) is 5.13. The fourth-order valence-electron chi connectivity index (χ4n) is 4.59. The van der Waals surface area contributed by atoms with E-state index in [0.29, 0.717) is 0 Å². The molecule has 0 nitrogen and oxygen atoms in total. The van der Waals surface area contributed by atoms with Gasteiger partial charge < -0.3 is 0 Å². The molecule has 0 atom stereocenters. The minimum absolute atomic E-state index is 1.26. The SMILES string of the molecule is c1ccc(-c2cccc(-c3cc4sc5cc(-c6cccc(-c7ccccc7)c6)sc5c4s3)c2)cc1. The summed E-state index contributed by atoms with van der Waals surface area (Å²) >= 11 is 5.75. The average Bonchev–Trinajstić information content (AvgIpc) is 3.61. The van der Waals surface area contributed by atoms with Gasteiger partial charge in [-0.1, -0.05) is 97.1 Å². The molecule has 166 valence electrons. The first-order valence-corrected chi connectivity index (χ1v) is 14.0. The summed E-state index contributed by atoms with van der Waals surface area (Å²) in [6, 6.07) is 43.8. The van der Waals surface area contributed by atoms with Crippen LogP contribution in [0.15, 0.2) is 121 Å². The molecule has 0 N–H and O–H groups in total. The van der Waals surface area contributed by atoms with E-state index in [0.717, 1.165) is 0 Å². The zero-order valence-electron chi connectivity index (χ0n) is 18.8. The number of hydrogen-bond acceptors (Lipinski definition) is 3. The van der Waals surface area contributed by atoms with E-state index in [1.807, 2.05) is 34.0 Å². The van der Waals surface area contributed by atoms with Gasteiger partial charge in [0.05, 0.1) is 9.40 Å². The summed E-state index contributed by atoms with van der Waals surface area (Å²) in [4.78, 5) is 2.68. The van der Waals surface area contributed by atoms with Crippen molar-refractivity contribution in [2.24, 2.45) is 0 Å². The van der Waals surface area contributed by atoms with Crippen molar-refractivity contribution < 1.29 is 0 Å². The molecule has 35 heavy (non-hydrogen) atoms. The maximum absolute atomic E-state index is 2.37. The van der Waals surface area contributed by atoms with Gasteiger partial charge in [-0.05, 0) is 57.6 Å². The van der Waals surface area contributed by atoms with E-state index >= 15 is 0 Å². The molecule has 4 aromatic carbocycles. The second kappa shape index (κ2) is 8.62. The summed E-state index contributed by atoms with van der Waals surface area (Å²) in [5.74, 6) is 0. The van der Waals surface area contributed by atoms with Gasteiger partial charge in [-0.15, -0.1) is 34.0 Å². The molecule has 0 bridgehead atoms. The Morgan fingerprint density at radius 2 is 0.714 bits per heavy atom. The van der Waals surface area contributed by atoms with E-state index in [1.165, 1.54) is 61.9 Å². The van der Waals surface area contributed by atoms with Crippen LogP contribution in [0.4, 0.5) is 0 Å². The maximum atomic E-state index is 2.37. The lowest BCUT2D eigenvalue weighted by Gasteiger charge is -2.04. The lowest BCUT2D eigenvalue weighted by molar-refractivity contribution is 1.62. The van der Waals surface area contributed by atoms with Crippen LogP contribution in [0, 0.1) is 0 Å². The van der Waals surface area contributed by atoms with E-state index in [1.54, 1.807) is 0 Å². The smallest absolute Gasteiger partial charge is 0.0636 e. The summed E-state index contributed by atoms with van der Waals surface area (Å²) < 4.78 is 5.61. The highest BCUT2D eigenvalue weighted by atomic mass is 32.1. The van der Waals surface area contributed by atoms with Crippen molar-refractivity contribution in [2.75, 3.05) is 0 Å². The predicted molar refractivity (Wildman–Crippen MR) is 157 cm³/mol. The quantitative estimate of drug-likeness (QED) is 0.225. The van der Waals surface area contributed by atoms with Crippen molar-refractivity contribution in [1.29, 1.82) is 0 Å². The summed E-state index contributed by atoms with van der Waals surface area (Å²) in [6.45, 7) is 0. The molecule has 7 aromatic rings. The van der Waals surface area contributed by atoms with E-state index in [9.17, 15) is 0 Å². The molecule has 3 heteroatoms. The van der Waals surface area contributed by atoms with Gasteiger partial charge in [0, 0.05) is 19.2 Å². The zero-order chi connectivity index (χ0) is 23.2. The van der Waals surface area contributed by atoms with Crippen LogP contribution in [0.1, 0.15) is 0 Å². The van der Waals surface area contributed by atoms with Gasteiger partial charge in [-0.25, -0.2) is 0 Å². The Bertz CT molecular complexity index is 1650. The Balaban J connectivity index is 1.27. The number of fused-ring (bicyclic) bond motifs is 3. The first kappa shape index (κ1) is 20.8. The van der Waals surface area contributed by atoms with Crippen LogP contribution < -0.4 is 0 Å². The second-order valence-electron chi connectivity index (χ2n) is 8.60. The lowest BCUT2D eigenvalue weighted by Crippen LogP contribution is -1.78. The summed E-state index contributed by atoms with van der Waals surface area (Å²) in [5, 5.41) is 0. The van der Waals surface area contributed by atoms with Crippen LogP contribution in [0.3, 0.4) is 0 Å². The molecule has 0 spiro atoms. The highest BCUT2D eigenvalue weighted by Crippen LogP contribution is 2.48. The molecule has 0 saturated carbocycles. The largest absolute Gasteiger partial charge is 0.133 e. The molecule has 7 rings (SSSR count). The molecule has 0 unspecified atom stereocenters. The van der Waals surface area contributed by atoms with Crippen molar-refractivity contribution in [3.8, 4) is 43.1 Å². The molecule has 0 fully saturated rings. The first-order chi connectivity index (χ1) is 17.3. The maximum Gasteiger partial charge on any atom is 0.0636 e. The lowest BCUT2D eigenvalue weighted by atomic mass is 10.0. The van der Waals surface area contributed by atoms with Crippen molar-refractivity contribution in [3.05, 3.63) is 121 Å². The Morgan fingerprint density at radius 1 is 0.314 bits per heavy atom. The third-order valence-corrected chi connectivity index (χ3v) is 10.2. The van der Waals surface area contributed by atoms with E-state index < -0.39 is 0 Å². The van der Waals surface area contributed by atoms with Crippen LogP contribution in [0.25, 0.3) is 61.9 Å². The average molecular weight is 501 g/mol. The van der Waals surface area contributed by atoms with Gasteiger partial charge in [-0.2, -0.15) is 0 Å². The number of hydrogen-bond donors (Lipinski definition) is 0. The second-order valence-corrected chi connectivity index (χ2v) is 11.8. The van der Waals surface area contributed by atoms with Gasteiger partial charge in [-0.3, -0.25) is 0 Å². The van der Waals surface area contributed by atoms with Crippen LogP contribution in [-0.4, -0.2) is 0 Å². The minimum Gasteiger partial charge on any atom is -0.133 e. The molecule has 0 aliphatic rings. The normalized spacial score (nSPS) is 11.4. The van der Waals surface area contributed by atoms with Gasteiger partial charge in [0.1, 0.15) is 0 Å². The summed E-state index contributed by atoms with van der Waals surface area (Å²) in [6.07, 6.45) is 0. The molecular weight excluding hydrogens is 481 g/mol. The van der Waals surface area contributed by atoms with Gasteiger partial charge in [0.15, 0.2) is 0 Å². The molecule has 3 aromatic heterocycles. The van der Waals surface area contributed by atoms with Crippen LogP contribution in [0.5, 0.6) is 0 Å². The van der Waals surface area contributed by atoms with E-state index in [-0.39, 0.29) is 0 Å². The Hall–Kier alpha value is -3.50.